The van der Waals surface area contributed by atoms with E-state index < -0.39 is 0 Å². The molecule has 0 bridgehead atoms. The summed E-state index contributed by atoms with van der Waals surface area (Å²) in [6.07, 6.45) is 1.84. The van der Waals surface area contributed by atoms with Gasteiger partial charge in [0.25, 0.3) is 0 Å². The zero-order chi connectivity index (χ0) is 20.9. The number of aromatic amines is 1. The Balaban J connectivity index is 1.68. The third-order valence-electron chi connectivity index (χ3n) is 4.36. The summed E-state index contributed by atoms with van der Waals surface area (Å²) in [6, 6.07) is 24.3. The van der Waals surface area contributed by atoms with Gasteiger partial charge in [-0.15, -0.1) is 0 Å². The topological polar surface area (TPSA) is 74.8 Å². The number of hydrogen-bond acceptors (Lipinski definition) is 4. The molecule has 0 atom stereocenters. The highest BCUT2D eigenvalue weighted by Crippen LogP contribution is 2.31. The molecule has 5 nitrogen and oxygen atoms in total. The largest absolute Gasteiger partial charge is 0.333 e. The number of hydrogen-bond donors (Lipinski definition) is 2. The lowest BCUT2D eigenvalue weighted by atomic mass is 10.1. The molecule has 4 rings (SSSR count). The summed E-state index contributed by atoms with van der Waals surface area (Å²) in [6.45, 7) is 1.47. The normalized spacial score (nSPS) is 11.4. The Hall–Kier alpha value is -3.64. The number of benzene rings is 3. The predicted molar refractivity (Wildman–Crippen MR) is 121 cm³/mol. The molecule has 4 aromatic rings. The molecule has 1 aromatic heterocycles. The molecule has 148 valence electrons. The minimum Gasteiger partial charge on any atom is -0.333 e. The van der Waals surface area contributed by atoms with Crippen molar-refractivity contribution in [1.29, 1.82) is 0 Å². The maximum absolute atomic E-state index is 13.2. The lowest BCUT2D eigenvalue weighted by molar-refractivity contribution is -0.114. The van der Waals surface area contributed by atoms with Crippen LogP contribution in [0, 0.1) is 0 Å². The van der Waals surface area contributed by atoms with Crippen molar-refractivity contribution in [3.8, 4) is 0 Å². The van der Waals surface area contributed by atoms with Gasteiger partial charge < -0.3 is 10.3 Å². The van der Waals surface area contributed by atoms with Crippen molar-refractivity contribution in [3.05, 3.63) is 94.9 Å². The number of nitrogens with one attached hydrogen (secondary N) is 2. The average molecular weight is 414 g/mol. The van der Waals surface area contributed by atoms with Crippen LogP contribution in [0.15, 0.2) is 88.9 Å². The molecule has 0 fully saturated rings. The second-order valence-electron chi connectivity index (χ2n) is 6.67. The van der Waals surface area contributed by atoms with Gasteiger partial charge in [0.15, 0.2) is 10.9 Å². The predicted octanol–water partition coefficient (Wildman–Crippen LogP) is 5.54. The highest BCUT2D eigenvalue weighted by Gasteiger charge is 2.16. The molecule has 0 radical (unpaired) electrons. The van der Waals surface area contributed by atoms with Gasteiger partial charge in [-0.3, -0.25) is 9.59 Å². The van der Waals surface area contributed by atoms with Crippen molar-refractivity contribution in [2.75, 3.05) is 5.32 Å². The summed E-state index contributed by atoms with van der Waals surface area (Å²) in [5.74, 6) is -0.203. The number of nitrogens with zero attached hydrogens (tertiary/aromatic N) is 1. The van der Waals surface area contributed by atoms with Crippen molar-refractivity contribution in [2.45, 2.75) is 12.1 Å². The molecule has 6 heteroatoms. The van der Waals surface area contributed by atoms with E-state index in [0.717, 1.165) is 16.6 Å². The summed E-state index contributed by atoms with van der Waals surface area (Å²) < 4.78 is 0. The van der Waals surface area contributed by atoms with Crippen molar-refractivity contribution < 1.29 is 9.59 Å². The van der Waals surface area contributed by atoms with Crippen LogP contribution in [0.5, 0.6) is 0 Å². The number of carbonyl (C=O) groups excluding carboxylic acids is 2. The van der Waals surface area contributed by atoms with Crippen molar-refractivity contribution >= 4 is 46.2 Å². The van der Waals surface area contributed by atoms with Crippen LogP contribution < -0.4 is 5.32 Å². The minimum atomic E-state index is -0.126. The molecule has 0 aliphatic carbocycles. The quantitative estimate of drug-likeness (QED) is 0.247. The molecule has 3 aromatic carbocycles. The number of ketones is 1. The maximum atomic E-state index is 13.2. The SMILES string of the molecule is CC(=O)Nc1ccc(/C=C(/Sc2nc3ccccc3[nH]2)C(=O)c2ccccc2)cc1. The minimum absolute atomic E-state index is 0.0769. The number of fused-ring (bicyclic) bond motifs is 1. The number of H-pyrrole nitrogens is 1. The summed E-state index contributed by atoms with van der Waals surface area (Å²) in [5.41, 5.74) is 3.95. The van der Waals surface area contributed by atoms with E-state index in [4.69, 9.17) is 0 Å². The van der Waals surface area contributed by atoms with Gasteiger partial charge in [0.1, 0.15) is 0 Å². The van der Waals surface area contributed by atoms with Crippen LogP contribution in [0.4, 0.5) is 5.69 Å². The fourth-order valence-electron chi connectivity index (χ4n) is 2.97. The maximum Gasteiger partial charge on any atom is 0.221 e. The van der Waals surface area contributed by atoms with Gasteiger partial charge in [-0.2, -0.15) is 0 Å². The first-order chi connectivity index (χ1) is 14.6. The first-order valence-electron chi connectivity index (χ1n) is 9.40. The number of amides is 1. The van der Waals surface area contributed by atoms with Crippen LogP contribution in [0.2, 0.25) is 0 Å². The van der Waals surface area contributed by atoms with E-state index in [2.05, 4.69) is 15.3 Å². The Kier molecular flexibility index (Phi) is 5.77. The van der Waals surface area contributed by atoms with Crippen molar-refractivity contribution in [2.24, 2.45) is 0 Å². The zero-order valence-corrected chi connectivity index (χ0v) is 17.1. The van der Waals surface area contributed by atoms with Crippen LogP contribution >= 0.6 is 11.8 Å². The first kappa shape index (κ1) is 19.7. The van der Waals surface area contributed by atoms with Crippen molar-refractivity contribution in [1.82, 2.24) is 9.97 Å². The molecule has 0 aliphatic rings. The smallest absolute Gasteiger partial charge is 0.221 e. The number of thioether (sulfide) groups is 1. The number of anilines is 1. The van der Waals surface area contributed by atoms with E-state index >= 15 is 0 Å². The number of allylic oxidation sites excluding steroid dienone is 1. The third-order valence-corrected chi connectivity index (χ3v) is 5.27. The number of rotatable bonds is 6. The van der Waals surface area contributed by atoms with Gasteiger partial charge >= 0.3 is 0 Å². The summed E-state index contributed by atoms with van der Waals surface area (Å²) in [5, 5.41) is 3.40. The monoisotopic (exact) mass is 413 g/mol. The zero-order valence-electron chi connectivity index (χ0n) is 16.3. The molecule has 0 saturated heterocycles. The molecule has 0 saturated carbocycles. The van der Waals surface area contributed by atoms with E-state index in [9.17, 15) is 9.59 Å². The first-order valence-corrected chi connectivity index (χ1v) is 10.2. The van der Waals surface area contributed by atoms with Gasteiger partial charge in [-0.1, -0.05) is 54.6 Å². The summed E-state index contributed by atoms with van der Waals surface area (Å²) in [4.78, 5) is 32.8. The van der Waals surface area contributed by atoms with Crippen LogP contribution in [-0.4, -0.2) is 21.7 Å². The van der Waals surface area contributed by atoms with Crippen molar-refractivity contribution in [3.63, 3.8) is 0 Å². The Morgan fingerprint density at radius 1 is 0.933 bits per heavy atom. The second-order valence-corrected chi connectivity index (χ2v) is 7.70. The fraction of sp³-hybridized carbons (Fsp3) is 0.0417. The Morgan fingerprint density at radius 3 is 2.33 bits per heavy atom. The Labute approximate surface area is 178 Å². The molecular weight excluding hydrogens is 394 g/mol. The number of para-hydroxylation sites is 2. The lowest BCUT2D eigenvalue weighted by Crippen LogP contribution is -2.05. The van der Waals surface area contributed by atoms with Crippen LogP contribution in [-0.2, 0) is 4.79 Å². The van der Waals surface area contributed by atoms with Gasteiger partial charge in [0, 0.05) is 18.2 Å². The highest BCUT2D eigenvalue weighted by atomic mass is 32.2. The van der Waals surface area contributed by atoms with Gasteiger partial charge in [0.2, 0.25) is 5.91 Å². The fourth-order valence-corrected chi connectivity index (χ4v) is 3.89. The van der Waals surface area contributed by atoms with Crippen LogP contribution in [0.25, 0.3) is 17.1 Å². The molecule has 1 amide bonds. The Bertz CT molecular complexity index is 1200. The molecular formula is C24H19N3O2S. The lowest BCUT2D eigenvalue weighted by Gasteiger charge is -2.06. The van der Waals surface area contributed by atoms with E-state index in [0.29, 0.717) is 21.3 Å². The molecule has 0 unspecified atom stereocenters. The van der Waals surface area contributed by atoms with E-state index in [-0.39, 0.29) is 11.7 Å². The summed E-state index contributed by atoms with van der Waals surface area (Å²) in [7, 11) is 0. The summed E-state index contributed by atoms with van der Waals surface area (Å²) >= 11 is 1.30. The molecule has 2 N–H and O–H groups in total. The van der Waals surface area contributed by atoms with E-state index in [1.165, 1.54) is 18.7 Å². The van der Waals surface area contributed by atoms with Crippen LogP contribution in [0.1, 0.15) is 22.8 Å². The number of Topliss-reactive ketones (excluding diaryl/α,β-unsaturated/α-hetero) is 1. The van der Waals surface area contributed by atoms with Crippen LogP contribution in [0.3, 0.4) is 0 Å². The third kappa shape index (κ3) is 4.67. The highest BCUT2D eigenvalue weighted by molar-refractivity contribution is 8.04. The van der Waals surface area contributed by atoms with Gasteiger partial charge in [-0.25, -0.2) is 4.98 Å². The number of carbonyl (C=O) groups is 2. The Morgan fingerprint density at radius 2 is 1.63 bits per heavy atom. The molecule has 30 heavy (non-hydrogen) atoms. The number of imidazole rings is 1. The average Bonchev–Trinajstić information content (AvgIpc) is 3.17. The van der Waals surface area contributed by atoms with E-state index in [1.807, 2.05) is 72.8 Å². The number of aromatic nitrogens is 2. The standard InChI is InChI=1S/C24H19N3O2S/c1-16(28)25-19-13-11-17(12-14-19)15-22(23(29)18-7-3-2-4-8-18)30-24-26-20-9-5-6-10-21(20)27-24/h2-15H,1H3,(H,25,28)(H,26,27)/b22-15+. The second kappa shape index (κ2) is 8.80. The van der Waals surface area contributed by atoms with Gasteiger partial charge in [0.05, 0.1) is 15.9 Å². The molecule has 1 heterocycles. The van der Waals surface area contributed by atoms with Gasteiger partial charge in [-0.05, 0) is 47.7 Å². The van der Waals surface area contributed by atoms with E-state index in [1.54, 1.807) is 12.1 Å². The molecule has 0 aliphatic heterocycles. The molecule has 0 spiro atoms.